The van der Waals surface area contributed by atoms with Crippen molar-refractivity contribution in [1.82, 2.24) is 0 Å². The molecule has 23 heavy (non-hydrogen) atoms. The molecule has 0 amide bonds. The lowest BCUT2D eigenvalue weighted by Gasteiger charge is -2.14. The minimum absolute atomic E-state index is 0.0391. The van der Waals surface area contributed by atoms with Gasteiger partial charge in [-0.1, -0.05) is 53.0 Å². The van der Waals surface area contributed by atoms with Crippen molar-refractivity contribution in [3.63, 3.8) is 0 Å². The number of rotatable bonds is 3. The second-order valence-corrected chi connectivity index (χ2v) is 6.89. The van der Waals surface area contributed by atoms with Crippen LogP contribution in [0, 0.1) is 0 Å². The van der Waals surface area contributed by atoms with Gasteiger partial charge in [0, 0.05) is 11.2 Å². The molecule has 2 aromatic rings. The van der Waals surface area contributed by atoms with Gasteiger partial charge in [0.1, 0.15) is 11.0 Å². The maximum absolute atomic E-state index is 13.3. The van der Waals surface area contributed by atoms with Crippen LogP contribution in [-0.4, -0.2) is 10.7 Å². The summed E-state index contributed by atoms with van der Waals surface area (Å²) >= 11 is 15.3. The molecule has 0 aliphatic rings. The van der Waals surface area contributed by atoms with Crippen LogP contribution in [0.4, 0.5) is 13.2 Å². The molecule has 122 valence electrons. The molecule has 1 unspecified atom stereocenters. The Morgan fingerprint density at radius 3 is 2.00 bits per heavy atom. The highest BCUT2D eigenvalue weighted by Crippen LogP contribution is 2.40. The molecule has 0 aromatic heterocycles. The topological polar surface area (TPSA) is 23.1 Å². The molecule has 1 atom stereocenters. The van der Waals surface area contributed by atoms with Gasteiger partial charge in [-0.25, -0.2) is 0 Å². The van der Waals surface area contributed by atoms with Crippen LogP contribution in [0.2, 0.25) is 15.1 Å². The van der Waals surface area contributed by atoms with Crippen LogP contribution in [0.25, 0.3) is 5.57 Å². The van der Waals surface area contributed by atoms with E-state index in [0.29, 0.717) is 5.41 Å². The minimum Gasteiger partial charge on any atom is -0.607 e. The summed E-state index contributed by atoms with van der Waals surface area (Å²) in [4.78, 5) is 0.250. The molecule has 8 heteroatoms. The predicted molar refractivity (Wildman–Crippen MR) is 88.4 cm³/mol. The van der Waals surface area contributed by atoms with Crippen molar-refractivity contribution >= 4 is 51.6 Å². The molecule has 0 saturated carbocycles. The van der Waals surface area contributed by atoms with E-state index in [0.717, 1.165) is 12.1 Å². The van der Waals surface area contributed by atoms with Crippen molar-refractivity contribution in [1.29, 1.82) is 0 Å². The van der Waals surface area contributed by atoms with Gasteiger partial charge in [-0.05, 0) is 29.8 Å². The smallest absolute Gasteiger partial charge is 0.421 e. The highest BCUT2D eigenvalue weighted by atomic mass is 35.5. The van der Waals surface area contributed by atoms with E-state index in [-0.39, 0.29) is 25.5 Å². The van der Waals surface area contributed by atoms with Crippen molar-refractivity contribution in [2.45, 2.75) is 11.1 Å². The molecule has 0 N–H and O–H groups in total. The lowest BCUT2D eigenvalue weighted by molar-refractivity contribution is -0.0688. The molecule has 2 rings (SSSR count). The third-order valence-electron chi connectivity index (χ3n) is 2.80. The van der Waals surface area contributed by atoms with E-state index in [1.54, 1.807) is 18.2 Å². The van der Waals surface area contributed by atoms with Gasteiger partial charge in [0.05, 0.1) is 15.1 Å². The van der Waals surface area contributed by atoms with Crippen molar-refractivity contribution in [3.8, 4) is 0 Å². The van der Waals surface area contributed by atoms with Gasteiger partial charge in [-0.3, -0.25) is 0 Å². The van der Waals surface area contributed by atoms with Gasteiger partial charge in [-0.15, -0.1) is 0 Å². The number of alkyl halides is 3. The number of allylic oxidation sites excluding steroid dienone is 1. The number of halogens is 6. The highest BCUT2D eigenvalue weighted by molar-refractivity contribution is 7.94. The fraction of sp³-hybridized carbons (Fsp3) is 0.0667. The summed E-state index contributed by atoms with van der Waals surface area (Å²) in [5.41, 5.74) is -1.40. The van der Waals surface area contributed by atoms with Crippen LogP contribution in [0.15, 0.2) is 52.8 Å². The Hall–Kier alpha value is -0.850. The summed E-state index contributed by atoms with van der Waals surface area (Å²) in [5.74, 6) is 0. The van der Waals surface area contributed by atoms with Gasteiger partial charge in [0.2, 0.25) is 0 Å². The zero-order chi connectivity index (χ0) is 17.2. The minimum atomic E-state index is -4.73. The number of benzene rings is 2. The molecule has 0 saturated heterocycles. The van der Waals surface area contributed by atoms with E-state index in [2.05, 4.69) is 0 Å². The molecule has 0 spiro atoms. The first kappa shape index (κ1) is 18.5. The van der Waals surface area contributed by atoms with Gasteiger partial charge < -0.3 is 4.55 Å². The number of hydrogen-bond acceptors (Lipinski definition) is 1. The molecule has 2 aromatic carbocycles. The summed E-state index contributed by atoms with van der Waals surface area (Å²) in [6, 6.07) is 9.88. The first-order chi connectivity index (χ1) is 10.7. The Morgan fingerprint density at radius 1 is 1.00 bits per heavy atom. The summed E-state index contributed by atoms with van der Waals surface area (Å²) < 4.78 is 52.1. The monoisotopic (exact) mass is 398 g/mol. The van der Waals surface area contributed by atoms with Crippen molar-refractivity contribution in [3.05, 3.63) is 68.5 Å². The van der Waals surface area contributed by atoms with Gasteiger partial charge in [0.15, 0.2) is 4.90 Å². The maximum atomic E-state index is 13.3. The third-order valence-corrected chi connectivity index (χ3v) is 5.18. The van der Waals surface area contributed by atoms with E-state index >= 15 is 0 Å². The first-order valence-corrected chi connectivity index (χ1v) is 8.44. The average molecular weight is 400 g/mol. The Morgan fingerprint density at radius 2 is 1.52 bits per heavy atom. The predicted octanol–water partition coefficient (Wildman–Crippen LogP) is 6.36. The van der Waals surface area contributed by atoms with Crippen LogP contribution < -0.4 is 0 Å². The molecule has 0 fully saturated rings. The van der Waals surface area contributed by atoms with Crippen LogP contribution in [-0.2, 0) is 11.2 Å². The molecule has 0 aliphatic carbocycles. The lowest BCUT2D eigenvalue weighted by Crippen LogP contribution is -2.13. The Kier molecular flexibility index (Phi) is 5.92. The lowest BCUT2D eigenvalue weighted by atomic mass is 10.1. The molecule has 0 radical (unpaired) electrons. The van der Waals surface area contributed by atoms with E-state index < -0.39 is 22.9 Å². The standard InChI is InChI=1S/C15H8Cl3F3OS/c16-12-6-9(7-13(17)14(12)18)11(15(19,20)21)8-23(22)10-4-2-1-3-5-10/h1-8H. The fourth-order valence-electron chi connectivity index (χ4n) is 1.74. The van der Waals surface area contributed by atoms with E-state index in [1.165, 1.54) is 12.1 Å². The van der Waals surface area contributed by atoms with Crippen LogP contribution in [0.3, 0.4) is 0 Å². The van der Waals surface area contributed by atoms with Gasteiger partial charge >= 0.3 is 6.18 Å². The second-order valence-electron chi connectivity index (χ2n) is 4.39. The normalized spacial score (nSPS) is 14.0. The Bertz CT molecular complexity index is 709. The van der Waals surface area contributed by atoms with Crippen LogP contribution in [0.5, 0.6) is 0 Å². The highest BCUT2D eigenvalue weighted by Gasteiger charge is 2.37. The molecular formula is C15H8Cl3F3OS. The molecular weight excluding hydrogens is 392 g/mol. The van der Waals surface area contributed by atoms with E-state index in [9.17, 15) is 17.7 Å². The summed E-state index contributed by atoms with van der Waals surface area (Å²) in [5, 5.41) is 0.359. The second kappa shape index (κ2) is 7.36. The van der Waals surface area contributed by atoms with E-state index in [1.807, 2.05) is 0 Å². The van der Waals surface area contributed by atoms with Crippen LogP contribution in [0.1, 0.15) is 5.56 Å². The quantitative estimate of drug-likeness (QED) is 0.435. The number of hydrogen-bond donors (Lipinski definition) is 0. The summed E-state index contributed by atoms with van der Waals surface area (Å²) in [6.07, 6.45) is -4.73. The molecule has 0 heterocycles. The average Bonchev–Trinajstić information content (AvgIpc) is 2.49. The Balaban J connectivity index is 2.53. The Labute approximate surface area is 148 Å². The first-order valence-electron chi connectivity index (χ1n) is 6.09. The van der Waals surface area contributed by atoms with Crippen molar-refractivity contribution in [2.24, 2.45) is 0 Å². The van der Waals surface area contributed by atoms with Crippen molar-refractivity contribution in [2.75, 3.05) is 0 Å². The molecule has 1 nitrogen and oxygen atoms in total. The zero-order valence-corrected chi connectivity index (χ0v) is 14.3. The largest absolute Gasteiger partial charge is 0.607 e. The van der Waals surface area contributed by atoms with Crippen LogP contribution >= 0.6 is 34.8 Å². The van der Waals surface area contributed by atoms with Gasteiger partial charge in [-0.2, -0.15) is 13.2 Å². The third kappa shape index (κ3) is 4.58. The van der Waals surface area contributed by atoms with Gasteiger partial charge in [0.25, 0.3) is 0 Å². The molecule has 0 aliphatic heterocycles. The summed E-state index contributed by atoms with van der Waals surface area (Å²) in [6.45, 7) is 0. The fourth-order valence-corrected chi connectivity index (χ4v) is 3.38. The van der Waals surface area contributed by atoms with E-state index in [4.69, 9.17) is 34.8 Å². The zero-order valence-electron chi connectivity index (χ0n) is 11.2. The molecule has 0 bridgehead atoms. The summed E-state index contributed by atoms with van der Waals surface area (Å²) in [7, 11) is 0. The SMILES string of the molecule is [O-][S+](C=C(c1cc(Cl)c(Cl)c(Cl)c1)C(F)(F)F)c1ccccc1. The maximum Gasteiger partial charge on any atom is 0.421 e. The van der Waals surface area contributed by atoms with Crippen molar-refractivity contribution < 1.29 is 17.7 Å².